The lowest BCUT2D eigenvalue weighted by molar-refractivity contribution is -0.136. The van der Waals surface area contributed by atoms with Crippen LogP contribution in [0.5, 0.6) is 5.75 Å². The van der Waals surface area contributed by atoms with Crippen LogP contribution in [0, 0.1) is 0 Å². The van der Waals surface area contributed by atoms with Gasteiger partial charge >= 0.3 is 0 Å². The van der Waals surface area contributed by atoms with Gasteiger partial charge in [-0.15, -0.1) is 12.4 Å². The minimum Gasteiger partial charge on any atom is -0.489 e. The van der Waals surface area contributed by atoms with Crippen molar-refractivity contribution in [2.75, 3.05) is 26.3 Å². The molecule has 0 aromatic heterocycles. The number of halogens is 1. The van der Waals surface area contributed by atoms with Crippen molar-refractivity contribution in [2.45, 2.75) is 38.6 Å². The van der Waals surface area contributed by atoms with Gasteiger partial charge in [0.15, 0.2) is 0 Å². The van der Waals surface area contributed by atoms with Crippen LogP contribution < -0.4 is 10.1 Å². The topological polar surface area (TPSA) is 88.2 Å². The van der Waals surface area contributed by atoms with Crippen LogP contribution in [0.2, 0.25) is 0 Å². The molecule has 1 N–H and O–H groups in total. The maximum Gasteiger partial charge on any atom is 0.255 e. The molecule has 3 aliphatic heterocycles. The van der Waals surface area contributed by atoms with Gasteiger partial charge in [0.25, 0.3) is 5.91 Å². The Bertz CT molecular complexity index is 1070. The summed E-state index contributed by atoms with van der Waals surface area (Å²) < 4.78 is 11.5. The summed E-state index contributed by atoms with van der Waals surface area (Å²) in [5.74, 6) is -0.252. The lowest BCUT2D eigenvalue weighted by Crippen LogP contribution is -2.52. The van der Waals surface area contributed by atoms with Gasteiger partial charge in [-0.1, -0.05) is 30.3 Å². The largest absolute Gasteiger partial charge is 0.489 e. The van der Waals surface area contributed by atoms with Crippen molar-refractivity contribution in [3.8, 4) is 5.75 Å². The first-order valence-electron chi connectivity index (χ1n) is 11.4. The molecule has 0 saturated carbocycles. The highest BCUT2D eigenvalue weighted by atomic mass is 35.5. The first-order valence-corrected chi connectivity index (χ1v) is 11.4. The van der Waals surface area contributed by atoms with Crippen LogP contribution in [-0.4, -0.2) is 59.9 Å². The molecular formula is C25H28ClN3O5. The minimum absolute atomic E-state index is 0. The van der Waals surface area contributed by atoms with Crippen molar-refractivity contribution in [2.24, 2.45) is 0 Å². The van der Waals surface area contributed by atoms with Gasteiger partial charge in [-0.2, -0.15) is 0 Å². The van der Waals surface area contributed by atoms with E-state index < -0.39 is 11.9 Å². The van der Waals surface area contributed by atoms with E-state index in [4.69, 9.17) is 9.47 Å². The number of rotatable bonds is 6. The molecule has 2 aromatic rings. The molecule has 1 atom stereocenters. The monoisotopic (exact) mass is 485 g/mol. The molecule has 2 fully saturated rings. The minimum atomic E-state index is -0.630. The Labute approximate surface area is 204 Å². The van der Waals surface area contributed by atoms with E-state index in [1.54, 1.807) is 17.0 Å². The van der Waals surface area contributed by atoms with Crippen molar-refractivity contribution in [3.05, 3.63) is 64.7 Å². The van der Waals surface area contributed by atoms with Crippen molar-refractivity contribution >= 4 is 30.1 Å². The lowest BCUT2D eigenvalue weighted by atomic mass is 10.0. The Balaban J connectivity index is 0.00000274. The fraction of sp³-hybridized carbons (Fsp3) is 0.400. The number of fused-ring (bicyclic) bond motifs is 1. The highest BCUT2D eigenvalue weighted by molar-refractivity contribution is 6.05. The summed E-state index contributed by atoms with van der Waals surface area (Å²) in [5.41, 5.74) is 3.64. The van der Waals surface area contributed by atoms with Crippen LogP contribution in [0.4, 0.5) is 0 Å². The van der Waals surface area contributed by atoms with Crippen molar-refractivity contribution < 1.29 is 23.9 Å². The van der Waals surface area contributed by atoms with Gasteiger partial charge in [-0.05, 0) is 29.7 Å². The van der Waals surface area contributed by atoms with E-state index in [-0.39, 0.29) is 30.6 Å². The Morgan fingerprint density at radius 3 is 2.47 bits per heavy atom. The molecule has 2 aromatic carbocycles. The third-order valence-corrected chi connectivity index (χ3v) is 6.47. The second-order valence-electron chi connectivity index (χ2n) is 8.68. The Morgan fingerprint density at radius 2 is 1.74 bits per heavy atom. The number of benzene rings is 2. The summed E-state index contributed by atoms with van der Waals surface area (Å²) in [6, 6.07) is 13.2. The highest BCUT2D eigenvalue weighted by Gasteiger charge is 2.40. The van der Waals surface area contributed by atoms with E-state index in [0.717, 1.165) is 44.0 Å². The molecule has 180 valence electrons. The van der Waals surface area contributed by atoms with Gasteiger partial charge < -0.3 is 14.4 Å². The van der Waals surface area contributed by atoms with Gasteiger partial charge in [-0.25, -0.2) is 0 Å². The fourth-order valence-electron chi connectivity index (χ4n) is 4.61. The van der Waals surface area contributed by atoms with Crippen LogP contribution in [0.3, 0.4) is 0 Å². The van der Waals surface area contributed by atoms with Crippen LogP contribution in [0.1, 0.15) is 39.9 Å². The second-order valence-corrected chi connectivity index (χ2v) is 8.68. The molecule has 2 saturated heterocycles. The molecule has 0 bridgehead atoms. The van der Waals surface area contributed by atoms with Crippen LogP contribution in [0.15, 0.2) is 42.5 Å². The van der Waals surface area contributed by atoms with E-state index in [1.807, 2.05) is 6.07 Å². The summed E-state index contributed by atoms with van der Waals surface area (Å²) in [5, 5.41) is 2.33. The molecule has 9 heteroatoms. The zero-order valence-corrected chi connectivity index (χ0v) is 19.6. The first-order chi connectivity index (χ1) is 16.1. The molecular weight excluding hydrogens is 458 g/mol. The summed E-state index contributed by atoms with van der Waals surface area (Å²) in [6.45, 7) is 5.09. The number of morpholine rings is 1. The Morgan fingerprint density at radius 1 is 1.00 bits per heavy atom. The predicted molar refractivity (Wildman–Crippen MR) is 127 cm³/mol. The number of carbonyl (C=O) groups excluding carboxylic acids is 3. The Hall–Kier alpha value is -2.94. The molecule has 0 aliphatic carbocycles. The summed E-state index contributed by atoms with van der Waals surface area (Å²) in [6.07, 6.45) is 0.582. The molecule has 0 unspecified atom stereocenters. The van der Waals surface area contributed by atoms with E-state index >= 15 is 0 Å². The van der Waals surface area contributed by atoms with Gasteiger partial charge in [0.05, 0.1) is 19.8 Å². The van der Waals surface area contributed by atoms with E-state index in [2.05, 4.69) is 34.5 Å². The molecule has 0 radical (unpaired) electrons. The van der Waals surface area contributed by atoms with Crippen molar-refractivity contribution in [3.63, 3.8) is 0 Å². The second kappa shape index (κ2) is 10.5. The summed E-state index contributed by atoms with van der Waals surface area (Å²) in [7, 11) is 0. The number of carbonyl (C=O) groups is 3. The van der Waals surface area contributed by atoms with Crippen molar-refractivity contribution in [1.82, 2.24) is 15.1 Å². The van der Waals surface area contributed by atoms with Crippen LogP contribution >= 0.6 is 12.4 Å². The summed E-state index contributed by atoms with van der Waals surface area (Å²) in [4.78, 5) is 40.6. The first kappa shape index (κ1) is 24.2. The van der Waals surface area contributed by atoms with E-state index in [9.17, 15) is 14.4 Å². The normalized spacial score (nSPS) is 20.5. The molecule has 8 nitrogen and oxygen atoms in total. The van der Waals surface area contributed by atoms with Gasteiger partial charge in [0.2, 0.25) is 11.8 Å². The SMILES string of the molecule is Cl.O=C1CC[C@H](N2Cc3c(OCc4ccc(CN5CCOCC5)cc4)cccc3C2=O)C(=O)N1. The zero-order valence-electron chi connectivity index (χ0n) is 18.8. The zero-order chi connectivity index (χ0) is 22.8. The number of piperidine rings is 1. The number of ether oxygens (including phenoxy) is 2. The number of nitrogens with zero attached hydrogens (tertiary/aromatic N) is 2. The number of hydrogen-bond donors (Lipinski definition) is 1. The van der Waals surface area contributed by atoms with Crippen LogP contribution in [0.25, 0.3) is 0 Å². The third kappa shape index (κ3) is 5.09. The molecule has 3 heterocycles. The third-order valence-electron chi connectivity index (χ3n) is 6.47. The maximum atomic E-state index is 12.9. The highest BCUT2D eigenvalue weighted by Crippen LogP contribution is 2.34. The average Bonchev–Trinajstić information content (AvgIpc) is 3.16. The van der Waals surface area contributed by atoms with E-state index in [1.165, 1.54) is 5.56 Å². The fourth-order valence-corrected chi connectivity index (χ4v) is 4.61. The maximum absolute atomic E-state index is 12.9. The number of nitrogens with one attached hydrogen (secondary N) is 1. The average molecular weight is 486 g/mol. The molecule has 3 aliphatic rings. The quantitative estimate of drug-likeness (QED) is 0.632. The molecule has 3 amide bonds. The van der Waals surface area contributed by atoms with Crippen molar-refractivity contribution in [1.29, 1.82) is 0 Å². The van der Waals surface area contributed by atoms with E-state index in [0.29, 0.717) is 30.9 Å². The lowest BCUT2D eigenvalue weighted by Gasteiger charge is -2.29. The van der Waals surface area contributed by atoms with Gasteiger partial charge in [0, 0.05) is 37.2 Å². The number of amides is 3. The Kier molecular flexibility index (Phi) is 7.50. The van der Waals surface area contributed by atoms with Gasteiger partial charge in [0.1, 0.15) is 18.4 Å². The number of imide groups is 1. The molecule has 5 rings (SSSR count). The molecule has 0 spiro atoms. The van der Waals surface area contributed by atoms with Gasteiger partial charge in [-0.3, -0.25) is 24.6 Å². The summed E-state index contributed by atoms with van der Waals surface area (Å²) >= 11 is 0. The molecule has 34 heavy (non-hydrogen) atoms. The van der Waals surface area contributed by atoms with Crippen LogP contribution in [-0.2, 0) is 34.0 Å². The standard InChI is InChI=1S/C25H27N3O5.ClH/c29-23-9-8-21(24(30)26-23)28-15-20-19(25(28)31)2-1-3-22(20)33-16-18-6-4-17(5-7-18)14-27-10-12-32-13-11-27;/h1-7,21H,8-16H2,(H,26,29,30);1H/t21-;/m0./s1. The number of hydrogen-bond acceptors (Lipinski definition) is 6. The predicted octanol–water partition coefficient (Wildman–Crippen LogP) is 2.28. The smallest absolute Gasteiger partial charge is 0.255 e.